The molecule has 1 aromatic rings. The molecule has 0 radical (unpaired) electrons. The van der Waals surface area contributed by atoms with Gasteiger partial charge >= 0.3 is 0 Å². The van der Waals surface area contributed by atoms with E-state index in [0.717, 1.165) is 25.7 Å². The van der Waals surface area contributed by atoms with Crippen LogP contribution in [0.4, 0.5) is 5.82 Å². The lowest BCUT2D eigenvalue weighted by molar-refractivity contribution is -0.141. The number of ketones is 1. The lowest BCUT2D eigenvalue weighted by Gasteiger charge is -2.55. The summed E-state index contributed by atoms with van der Waals surface area (Å²) < 4.78 is 0. The monoisotopic (exact) mass is 277 g/mol. The Morgan fingerprint density at radius 1 is 1.21 bits per heavy atom. The van der Waals surface area contributed by atoms with Crippen LogP contribution < -0.4 is 5.32 Å². The first-order valence-corrected chi connectivity index (χ1v) is 7.32. The van der Waals surface area contributed by atoms with Gasteiger partial charge in [0.1, 0.15) is 11.0 Å². The molecule has 1 heterocycles. The van der Waals surface area contributed by atoms with E-state index < -0.39 is 5.54 Å². The molecule has 4 aliphatic carbocycles. The van der Waals surface area contributed by atoms with Crippen molar-refractivity contribution >= 4 is 23.2 Å². The van der Waals surface area contributed by atoms with Crippen LogP contribution in [0.1, 0.15) is 32.1 Å². The third-order valence-corrected chi connectivity index (χ3v) is 5.17. The summed E-state index contributed by atoms with van der Waals surface area (Å²) in [6, 6.07) is 0. The molecule has 0 spiro atoms. The smallest absolute Gasteiger partial charge is 0.161 e. The highest BCUT2D eigenvalue weighted by Gasteiger charge is 2.57. The molecule has 0 aromatic carbocycles. The Balaban J connectivity index is 1.67. The average Bonchev–Trinajstić information content (AvgIpc) is 2.35. The zero-order chi connectivity index (χ0) is 13.0. The van der Waals surface area contributed by atoms with Crippen molar-refractivity contribution in [2.24, 2.45) is 17.8 Å². The Kier molecular flexibility index (Phi) is 2.40. The summed E-state index contributed by atoms with van der Waals surface area (Å²) in [5.74, 6) is 2.69. The number of hydrogen-bond acceptors (Lipinski definition) is 4. The van der Waals surface area contributed by atoms with Gasteiger partial charge in [0, 0.05) is 5.92 Å². The van der Waals surface area contributed by atoms with E-state index in [2.05, 4.69) is 15.3 Å². The van der Waals surface area contributed by atoms with Gasteiger partial charge in [0.2, 0.25) is 0 Å². The van der Waals surface area contributed by atoms with Crippen molar-refractivity contribution in [1.29, 1.82) is 0 Å². The van der Waals surface area contributed by atoms with Crippen LogP contribution in [0, 0.1) is 17.8 Å². The van der Waals surface area contributed by atoms with E-state index in [0.29, 0.717) is 28.6 Å². The van der Waals surface area contributed by atoms with Crippen LogP contribution >= 0.6 is 11.6 Å². The molecule has 1 N–H and O–H groups in total. The van der Waals surface area contributed by atoms with Crippen LogP contribution in [0.25, 0.3) is 0 Å². The lowest BCUT2D eigenvalue weighted by Crippen LogP contribution is -2.61. The molecular formula is C14H16ClN3O. The first-order chi connectivity index (χ1) is 9.14. The van der Waals surface area contributed by atoms with Gasteiger partial charge in [0.25, 0.3) is 0 Å². The quantitative estimate of drug-likeness (QED) is 0.903. The Morgan fingerprint density at radius 3 is 2.63 bits per heavy atom. The van der Waals surface area contributed by atoms with Crippen molar-refractivity contribution in [2.75, 3.05) is 5.32 Å². The second kappa shape index (κ2) is 3.92. The number of nitrogens with zero attached hydrogens (tertiary/aromatic N) is 2. The topological polar surface area (TPSA) is 54.9 Å². The summed E-state index contributed by atoms with van der Waals surface area (Å²) in [6.07, 6.45) is 8.56. The van der Waals surface area contributed by atoms with E-state index in [9.17, 15) is 4.79 Å². The standard InChI is InChI=1S/C14H16ClN3O/c15-11-6-16-7-12(17-11)18-14-4-8-1-9(5-14)3-10(2-8)13(14)19/h6-10H,1-5H2,(H,17,18). The molecule has 4 aliphatic rings. The van der Waals surface area contributed by atoms with E-state index >= 15 is 0 Å². The van der Waals surface area contributed by atoms with Crippen LogP contribution in [-0.4, -0.2) is 21.3 Å². The number of rotatable bonds is 2. The predicted molar refractivity (Wildman–Crippen MR) is 72.0 cm³/mol. The molecule has 2 atom stereocenters. The molecule has 1 aromatic heterocycles. The number of carbonyl (C=O) groups is 1. The minimum Gasteiger partial charge on any atom is -0.356 e. The molecule has 4 fully saturated rings. The molecule has 2 unspecified atom stereocenters. The molecule has 0 aliphatic heterocycles. The van der Waals surface area contributed by atoms with Gasteiger partial charge in [-0.15, -0.1) is 0 Å². The van der Waals surface area contributed by atoms with Gasteiger partial charge in [-0.2, -0.15) is 0 Å². The van der Waals surface area contributed by atoms with Crippen LogP contribution in [-0.2, 0) is 4.79 Å². The summed E-state index contributed by atoms with van der Waals surface area (Å²) in [5, 5.41) is 3.73. The van der Waals surface area contributed by atoms with Crippen molar-refractivity contribution in [3.05, 3.63) is 17.5 Å². The maximum atomic E-state index is 12.6. The highest BCUT2D eigenvalue weighted by Crippen LogP contribution is 2.54. The van der Waals surface area contributed by atoms with Crippen molar-refractivity contribution in [3.8, 4) is 0 Å². The molecule has 4 nitrogen and oxygen atoms in total. The molecule has 5 heteroatoms. The van der Waals surface area contributed by atoms with Crippen LogP contribution in [0.3, 0.4) is 0 Å². The van der Waals surface area contributed by atoms with E-state index in [-0.39, 0.29) is 5.92 Å². The average molecular weight is 278 g/mol. The fourth-order valence-corrected chi connectivity index (χ4v) is 4.73. The second-order valence-corrected chi connectivity index (χ2v) is 6.73. The fourth-order valence-electron chi connectivity index (χ4n) is 4.58. The Morgan fingerprint density at radius 2 is 1.95 bits per heavy atom. The molecular weight excluding hydrogens is 262 g/mol. The maximum Gasteiger partial charge on any atom is 0.161 e. The fraction of sp³-hybridized carbons (Fsp3) is 0.643. The number of hydrogen-bond donors (Lipinski definition) is 1. The highest BCUT2D eigenvalue weighted by molar-refractivity contribution is 6.29. The minimum atomic E-state index is -0.395. The van der Waals surface area contributed by atoms with Gasteiger partial charge in [0.05, 0.1) is 17.9 Å². The van der Waals surface area contributed by atoms with Crippen LogP contribution in [0.15, 0.2) is 12.4 Å². The number of Topliss-reactive ketones (excluding diaryl/α,β-unsaturated/α-hetero) is 1. The van der Waals surface area contributed by atoms with Crippen molar-refractivity contribution in [1.82, 2.24) is 9.97 Å². The molecule has 5 rings (SSSR count). The second-order valence-electron chi connectivity index (χ2n) is 6.34. The zero-order valence-electron chi connectivity index (χ0n) is 10.6. The summed E-state index contributed by atoms with van der Waals surface area (Å²) in [5.41, 5.74) is -0.395. The molecule has 4 bridgehead atoms. The summed E-state index contributed by atoms with van der Waals surface area (Å²) >= 11 is 5.87. The molecule has 0 amide bonds. The van der Waals surface area contributed by atoms with E-state index in [1.807, 2.05) is 0 Å². The normalized spacial score (nSPS) is 39.6. The molecule has 0 saturated heterocycles. The summed E-state index contributed by atoms with van der Waals surface area (Å²) in [6.45, 7) is 0. The highest BCUT2D eigenvalue weighted by atomic mass is 35.5. The SMILES string of the molecule is O=C1C2CC3CC(C2)CC1(Nc1cncc(Cl)n1)C3. The molecule has 4 saturated carbocycles. The number of anilines is 1. The minimum absolute atomic E-state index is 0.269. The molecule has 100 valence electrons. The largest absolute Gasteiger partial charge is 0.356 e. The van der Waals surface area contributed by atoms with Crippen molar-refractivity contribution in [2.45, 2.75) is 37.6 Å². The van der Waals surface area contributed by atoms with Crippen molar-refractivity contribution < 1.29 is 4.79 Å². The van der Waals surface area contributed by atoms with Gasteiger partial charge in [0.15, 0.2) is 5.78 Å². The summed E-state index contributed by atoms with van der Waals surface area (Å²) in [4.78, 5) is 20.9. The van der Waals surface area contributed by atoms with E-state index in [1.165, 1.54) is 12.6 Å². The number of nitrogens with one attached hydrogen (secondary N) is 1. The van der Waals surface area contributed by atoms with Gasteiger partial charge in [-0.1, -0.05) is 11.6 Å². The first-order valence-electron chi connectivity index (χ1n) is 6.95. The van der Waals surface area contributed by atoms with Gasteiger partial charge < -0.3 is 5.32 Å². The van der Waals surface area contributed by atoms with Crippen molar-refractivity contribution in [3.63, 3.8) is 0 Å². The van der Waals surface area contributed by atoms with E-state index in [4.69, 9.17) is 11.6 Å². The summed E-state index contributed by atoms with van der Waals surface area (Å²) in [7, 11) is 0. The third kappa shape index (κ3) is 1.76. The van der Waals surface area contributed by atoms with Gasteiger partial charge in [-0.3, -0.25) is 9.78 Å². The maximum absolute atomic E-state index is 12.6. The number of carbonyl (C=O) groups excluding carboxylic acids is 1. The predicted octanol–water partition coefficient (Wildman–Crippen LogP) is 2.69. The van der Waals surface area contributed by atoms with Gasteiger partial charge in [-0.05, 0) is 43.9 Å². The Bertz CT molecular complexity index is 533. The lowest BCUT2D eigenvalue weighted by atomic mass is 9.52. The number of aromatic nitrogens is 2. The van der Waals surface area contributed by atoms with E-state index in [1.54, 1.807) is 6.20 Å². The van der Waals surface area contributed by atoms with Crippen LogP contribution in [0.2, 0.25) is 5.15 Å². The first kappa shape index (κ1) is 11.6. The van der Waals surface area contributed by atoms with Gasteiger partial charge in [-0.25, -0.2) is 4.98 Å². The zero-order valence-corrected chi connectivity index (χ0v) is 11.4. The molecule has 19 heavy (non-hydrogen) atoms. The Labute approximate surface area is 117 Å². The number of halogens is 1. The Hall–Kier alpha value is -1.16. The van der Waals surface area contributed by atoms with Crippen LogP contribution in [0.5, 0.6) is 0 Å². The third-order valence-electron chi connectivity index (χ3n) is 4.99.